The van der Waals surface area contributed by atoms with Gasteiger partial charge in [0.2, 0.25) is 5.91 Å². The van der Waals surface area contributed by atoms with Crippen molar-refractivity contribution >= 4 is 35.0 Å². The number of nitrogens with one attached hydrogen (secondary N) is 1. The van der Waals surface area contributed by atoms with Gasteiger partial charge in [0.25, 0.3) is 0 Å². The Kier molecular flexibility index (Phi) is 6.69. The molecular formula is C21H19ClN2OS. The maximum atomic E-state index is 12.1. The molecule has 0 saturated carbocycles. The lowest BCUT2D eigenvalue weighted by molar-refractivity contribution is -0.116. The fourth-order valence-electron chi connectivity index (χ4n) is 2.46. The number of rotatable bonds is 7. The van der Waals surface area contributed by atoms with E-state index in [2.05, 4.69) is 16.4 Å². The number of hydrogen-bond donors (Lipinski definition) is 1. The van der Waals surface area contributed by atoms with E-state index in [1.54, 1.807) is 18.0 Å². The fraction of sp³-hybridized carbons (Fsp3) is 0.143. The van der Waals surface area contributed by atoms with E-state index in [4.69, 9.17) is 11.6 Å². The minimum Gasteiger partial charge on any atom is -0.326 e. The van der Waals surface area contributed by atoms with Crippen LogP contribution in [0.5, 0.6) is 0 Å². The van der Waals surface area contributed by atoms with Gasteiger partial charge in [-0.1, -0.05) is 29.8 Å². The summed E-state index contributed by atoms with van der Waals surface area (Å²) < 4.78 is 0. The first-order valence-electron chi connectivity index (χ1n) is 8.35. The van der Waals surface area contributed by atoms with Crippen LogP contribution in [0.4, 0.5) is 5.69 Å². The first-order valence-corrected chi connectivity index (χ1v) is 9.71. The maximum Gasteiger partial charge on any atom is 0.224 e. The van der Waals surface area contributed by atoms with Crippen molar-refractivity contribution in [1.29, 1.82) is 0 Å². The third-order valence-electron chi connectivity index (χ3n) is 3.80. The third-order valence-corrected chi connectivity index (χ3v) is 5.11. The first kappa shape index (κ1) is 18.5. The van der Waals surface area contributed by atoms with Crippen molar-refractivity contribution in [2.75, 3.05) is 5.32 Å². The highest BCUT2D eigenvalue weighted by atomic mass is 35.5. The Labute approximate surface area is 162 Å². The number of aromatic nitrogens is 1. The molecule has 1 heterocycles. The van der Waals surface area contributed by atoms with Gasteiger partial charge < -0.3 is 5.32 Å². The zero-order valence-corrected chi connectivity index (χ0v) is 15.8. The van der Waals surface area contributed by atoms with Gasteiger partial charge in [0.05, 0.1) is 0 Å². The van der Waals surface area contributed by atoms with Crippen LogP contribution in [-0.2, 0) is 17.0 Å². The number of hydrogen-bond acceptors (Lipinski definition) is 3. The second-order valence-corrected chi connectivity index (χ2v) is 7.34. The zero-order chi connectivity index (χ0) is 18.2. The number of thioether (sulfide) groups is 1. The van der Waals surface area contributed by atoms with Gasteiger partial charge in [0.1, 0.15) is 0 Å². The summed E-state index contributed by atoms with van der Waals surface area (Å²) in [5, 5.41) is 3.63. The Morgan fingerprint density at radius 2 is 1.85 bits per heavy atom. The zero-order valence-electron chi connectivity index (χ0n) is 14.2. The van der Waals surface area contributed by atoms with E-state index >= 15 is 0 Å². The summed E-state index contributed by atoms with van der Waals surface area (Å²) in [6, 6.07) is 19.5. The van der Waals surface area contributed by atoms with Gasteiger partial charge in [0, 0.05) is 40.2 Å². The molecule has 2 aromatic carbocycles. The van der Waals surface area contributed by atoms with Gasteiger partial charge >= 0.3 is 0 Å². The highest BCUT2D eigenvalue weighted by molar-refractivity contribution is 7.98. The fourth-order valence-corrected chi connectivity index (χ4v) is 3.50. The molecule has 3 aromatic rings. The summed E-state index contributed by atoms with van der Waals surface area (Å²) in [7, 11) is 0. The van der Waals surface area contributed by atoms with Gasteiger partial charge in [-0.25, -0.2) is 0 Å². The Bertz CT molecular complexity index is 853. The second-order valence-electron chi connectivity index (χ2n) is 5.85. The van der Waals surface area contributed by atoms with E-state index in [1.165, 1.54) is 5.56 Å². The van der Waals surface area contributed by atoms with Crippen LogP contribution in [0.3, 0.4) is 0 Å². The largest absolute Gasteiger partial charge is 0.326 e. The number of aryl methyl sites for hydroxylation is 1. The van der Waals surface area contributed by atoms with Crippen LogP contribution in [0.25, 0.3) is 0 Å². The minimum atomic E-state index is 0.000684. The predicted octanol–water partition coefficient (Wildman–Crippen LogP) is 5.60. The topological polar surface area (TPSA) is 42.0 Å². The highest BCUT2D eigenvalue weighted by Gasteiger charge is 2.04. The molecule has 1 amide bonds. The molecular weight excluding hydrogens is 364 g/mol. The third kappa shape index (κ3) is 5.90. The van der Waals surface area contributed by atoms with Crippen LogP contribution in [0.2, 0.25) is 5.02 Å². The van der Waals surface area contributed by atoms with E-state index in [0.717, 1.165) is 21.9 Å². The van der Waals surface area contributed by atoms with Crippen molar-refractivity contribution in [3.63, 3.8) is 0 Å². The Morgan fingerprint density at radius 3 is 2.58 bits per heavy atom. The summed E-state index contributed by atoms with van der Waals surface area (Å²) in [6.45, 7) is 0. The summed E-state index contributed by atoms with van der Waals surface area (Å²) in [5.74, 6) is 0.875. The smallest absolute Gasteiger partial charge is 0.224 e. The molecule has 26 heavy (non-hydrogen) atoms. The lowest BCUT2D eigenvalue weighted by atomic mass is 10.1. The molecule has 3 rings (SSSR count). The Morgan fingerprint density at radius 1 is 1.04 bits per heavy atom. The molecule has 1 N–H and O–H groups in total. The summed E-state index contributed by atoms with van der Waals surface area (Å²) in [4.78, 5) is 17.4. The molecule has 0 radical (unpaired) electrons. The quantitative estimate of drug-likeness (QED) is 0.541. The molecule has 1 aromatic heterocycles. The van der Waals surface area contributed by atoms with E-state index < -0.39 is 0 Å². The van der Waals surface area contributed by atoms with Crippen LogP contribution < -0.4 is 5.32 Å². The SMILES string of the molecule is O=C(CCc1cccc(Cl)c1)Nc1ccc(SCc2cccnc2)cc1. The van der Waals surface area contributed by atoms with Crippen LogP contribution in [0, 0.1) is 0 Å². The number of carbonyl (C=O) groups excluding carboxylic acids is 1. The Balaban J connectivity index is 1.46. The van der Waals surface area contributed by atoms with Crippen molar-refractivity contribution in [3.05, 3.63) is 89.2 Å². The molecule has 0 aliphatic heterocycles. The van der Waals surface area contributed by atoms with Crippen molar-refractivity contribution in [3.8, 4) is 0 Å². The normalized spacial score (nSPS) is 10.5. The number of amides is 1. The number of benzene rings is 2. The molecule has 5 heteroatoms. The van der Waals surface area contributed by atoms with Gasteiger partial charge in [-0.2, -0.15) is 0 Å². The standard InChI is InChI=1S/C21H19ClN2OS/c22-18-5-1-3-16(13-18)6-11-21(25)24-19-7-9-20(10-8-19)26-15-17-4-2-12-23-14-17/h1-5,7-10,12-14H,6,11,15H2,(H,24,25). The molecule has 0 aliphatic rings. The Hall–Kier alpha value is -2.30. The molecule has 0 spiro atoms. The average Bonchev–Trinajstić information content (AvgIpc) is 2.67. The van der Waals surface area contributed by atoms with Gasteiger partial charge in [-0.3, -0.25) is 9.78 Å². The number of anilines is 1. The molecule has 132 valence electrons. The second kappa shape index (κ2) is 9.41. The lowest BCUT2D eigenvalue weighted by Gasteiger charge is -2.07. The van der Waals surface area contributed by atoms with E-state index in [0.29, 0.717) is 17.9 Å². The molecule has 0 atom stereocenters. The van der Waals surface area contributed by atoms with Crippen molar-refractivity contribution in [2.45, 2.75) is 23.5 Å². The molecule has 0 fully saturated rings. The molecule has 0 aliphatic carbocycles. The van der Waals surface area contributed by atoms with Crippen LogP contribution >= 0.6 is 23.4 Å². The van der Waals surface area contributed by atoms with Crippen molar-refractivity contribution < 1.29 is 4.79 Å². The number of halogens is 1. The van der Waals surface area contributed by atoms with Crippen LogP contribution in [0.1, 0.15) is 17.5 Å². The average molecular weight is 383 g/mol. The minimum absolute atomic E-state index is 0.000684. The van der Waals surface area contributed by atoms with Gasteiger partial charge in [-0.05, 0) is 60.0 Å². The number of carbonyl (C=O) groups is 1. The van der Waals surface area contributed by atoms with E-state index in [1.807, 2.05) is 60.8 Å². The number of pyridine rings is 1. The molecule has 3 nitrogen and oxygen atoms in total. The van der Waals surface area contributed by atoms with Crippen molar-refractivity contribution in [2.24, 2.45) is 0 Å². The monoisotopic (exact) mass is 382 g/mol. The van der Waals surface area contributed by atoms with Crippen LogP contribution in [0.15, 0.2) is 78.0 Å². The first-order chi connectivity index (χ1) is 12.7. The van der Waals surface area contributed by atoms with E-state index in [-0.39, 0.29) is 5.91 Å². The summed E-state index contributed by atoms with van der Waals surface area (Å²) in [5.41, 5.74) is 3.07. The molecule has 0 unspecified atom stereocenters. The van der Waals surface area contributed by atoms with Crippen molar-refractivity contribution in [1.82, 2.24) is 4.98 Å². The predicted molar refractivity (Wildman–Crippen MR) is 109 cm³/mol. The summed E-state index contributed by atoms with van der Waals surface area (Å²) in [6.07, 6.45) is 4.75. The highest BCUT2D eigenvalue weighted by Crippen LogP contribution is 2.24. The lowest BCUT2D eigenvalue weighted by Crippen LogP contribution is -2.12. The van der Waals surface area contributed by atoms with Crippen LogP contribution in [-0.4, -0.2) is 10.9 Å². The maximum absolute atomic E-state index is 12.1. The van der Waals surface area contributed by atoms with Gasteiger partial charge in [-0.15, -0.1) is 11.8 Å². The summed E-state index contributed by atoms with van der Waals surface area (Å²) >= 11 is 7.71. The van der Waals surface area contributed by atoms with E-state index in [9.17, 15) is 4.79 Å². The van der Waals surface area contributed by atoms with Gasteiger partial charge in [0.15, 0.2) is 0 Å². The molecule has 0 saturated heterocycles. The molecule has 0 bridgehead atoms. The number of nitrogens with zero attached hydrogens (tertiary/aromatic N) is 1.